The van der Waals surface area contributed by atoms with Crippen molar-refractivity contribution in [1.82, 2.24) is 4.98 Å². The van der Waals surface area contributed by atoms with Gasteiger partial charge >= 0.3 is 5.97 Å². The second kappa shape index (κ2) is 6.43. The van der Waals surface area contributed by atoms with Gasteiger partial charge in [-0.15, -0.1) is 0 Å². The summed E-state index contributed by atoms with van der Waals surface area (Å²) in [6.45, 7) is 5.37. The number of nitrogens with one attached hydrogen (secondary N) is 1. The number of benzene rings is 1. The Morgan fingerprint density at radius 1 is 1.38 bits per heavy atom. The molecule has 0 spiro atoms. The van der Waals surface area contributed by atoms with Gasteiger partial charge in [-0.3, -0.25) is 4.79 Å². The van der Waals surface area contributed by atoms with Crippen molar-refractivity contribution >= 4 is 11.8 Å². The summed E-state index contributed by atoms with van der Waals surface area (Å²) in [5.41, 5.74) is 3.18. The first kappa shape index (κ1) is 16.2. The molecule has 4 nitrogen and oxygen atoms in total. The van der Waals surface area contributed by atoms with Gasteiger partial charge in [-0.2, -0.15) is 0 Å². The molecule has 0 radical (unpaired) electrons. The second-order valence-electron chi connectivity index (χ2n) is 5.95. The van der Waals surface area contributed by atoms with Crippen LogP contribution in [-0.2, 0) is 11.2 Å². The van der Waals surface area contributed by atoms with Gasteiger partial charge in [-0.1, -0.05) is 24.8 Å². The monoisotopic (exact) mass is 327 g/mol. The van der Waals surface area contributed by atoms with E-state index in [1.165, 1.54) is 18.2 Å². The van der Waals surface area contributed by atoms with Crippen LogP contribution in [0.5, 0.6) is 0 Å². The van der Waals surface area contributed by atoms with Gasteiger partial charge in [0.2, 0.25) is 0 Å². The minimum atomic E-state index is -0.493. The highest BCUT2D eigenvalue weighted by Crippen LogP contribution is 2.35. The smallest absolute Gasteiger partial charge is 0.355 e. The molecular weight excluding hydrogens is 309 g/mol. The van der Waals surface area contributed by atoms with Crippen LogP contribution in [0.25, 0.3) is 0 Å². The van der Waals surface area contributed by atoms with E-state index in [0.717, 1.165) is 11.3 Å². The number of esters is 1. The van der Waals surface area contributed by atoms with Crippen LogP contribution in [0, 0.1) is 12.7 Å². The third-order valence-electron chi connectivity index (χ3n) is 4.37. The molecule has 5 heteroatoms. The van der Waals surface area contributed by atoms with Gasteiger partial charge in [0.15, 0.2) is 5.78 Å². The van der Waals surface area contributed by atoms with Gasteiger partial charge in [-0.25, -0.2) is 9.18 Å². The van der Waals surface area contributed by atoms with Crippen LogP contribution >= 0.6 is 0 Å². The van der Waals surface area contributed by atoms with Crippen molar-refractivity contribution in [3.8, 4) is 0 Å². The zero-order chi connectivity index (χ0) is 17.3. The number of halogens is 1. The van der Waals surface area contributed by atoms with Crippen LogP contribution in [0.3, 0.4) is 0 Å². The van der Waals surface area contributed by atoms with Gasteiger partial charge in [0, 0.05) is 17.7 Å². The third kappa shape index (κ3) is 2.89. The average molecular weight is 327 g/mol. The number of H-pyrrole nitrogens is 1. The highest BCUT2D eigenvalue weighted by molar-refractivity contribution is 6.03. The van der Waals surface area contributed by atoms with Crippen molar-refractivity contribution < 1.29 is 18.7 Å². The Balaban J connectivity index is 1.90. The standard InChI is InChI=1S/C19H18FNO3/c1-3-8-24-19(23)18-11(2)17-15(21-18)9-13(10-16(17)22)12-4-6-14(20)7-5-12/h3-7,13,21H,1,8-10H2,2H3. The molecule has 1 heterocycles. The predicted molar refractivity (Wildman–Crippen MR) is 87.8 cm³/mol. The number of ether oxygens (including phenoxy) is 1. The van der Waals surface area contributed by atoms with Crippen LogP contribution in [-0.4, -0.2) is 23.3 Å². The predicted octanol–water partition coefficient (Wildman–Crippen LogP) is 3.72. The zero-order valence-electron chi connectivity index (χ0n) is 13.4. The van der Waals surface area contributed by atoms with E-state index < -0.39 is 5.97 Å². The minimum absolute atomic E-state index is 0.0119. The Hall–Kier alpha value is -2.69. The molecule has 0 amide bonds. The maximum atomic E-state index is 13.1. The number of aromatic nitrogens is 1. The third-order valence-corrected chi connectivity index (χ3v) is 4.37. The van der Waals surface area contributed by atoms with Crippen molar-refractivity contribution in [2.75, 3.05) is 6.61 Å². The zero-order valence-corrected chi connectivity index (χ0v) is 13.4. The SMILES string of the molecule is C=CCOC(=O)c1[nH]c2c(c1C)C(=O)CC(c1ccc(F)cc1)C2. The van der Waals surface area contributed by atoms with Crippen molar-refractivity contribution in [2.45, 2.75) is 25.7 Å². The molecule has 1 atom stereocenters. The molecule has 1 aliphatic rings. The fourth-order valence-electron chi connectivity index (χ4n) is 3.21. The second-order valence-corrected chi connectivity index (χ2v) is 5.95. The van der Waals surface area contributed by atoms with E-state index in [1.807, 2.05) is 0 Å². The number of hydrogen-bond acceptors (Lipinski definition) is 3. The van der Waals surface area contributed by atoms with Crippen LogP contribution in [0.4, 0.5) is 4.39 Å². The molecule has 0 aliphatic heterocycles. The summed E-state index contributed by atoms with van der Waals surface area (Å²) in [7, 11) is 0. The molecule has 124 valence electrons. The Labute approximate surface area is 139 Å². The number of rotatable bonds is 4. The van der Waals surface area contributed by atoms with Gasteiger partial charge in [0.1, 0.15) is 18.1 Å². The molecule has 0 fully saturated rings. The number of hydrogen-bond donors (Lipinski definition) is 1. The quantitative estimate of drug-likeness (QED) is 0.688. The first-order chi connectivity index (χ1) is 11.5. The minimum Gasteiger partial charge on any atom is -0.457 e. The molecule has 1 aromatic heterocycles. The van der Waals surface area contributed by atoms with Crippen LogP contribution in [0.2, 0.25) is 0 Å². The van der Waals surface area contributed by atoms with Crippen LogP contribution in [0.1, 0.15) is 50.0 Å². The summed E-state index contributed by atoms with van der Waals surface area (Å²) in [4.78, 5) is 27.7. The molecular formula is C19H18FNO3. The van der Waals surface area contributed by atoms with Crippen molar-refractivity contribution in [3.63, 3.8) is 0 Å². The Morgan fingerprint density at radius 3 is 2.75 bits per heavy atom. The van der Waals surface area contributed by atoms with Gasteiger partial charge in [-0.05, 0) is 42.5 Å². The number of aromatic amines is 1. The topological polar surface area (TPSA) is 59.2 Å². The molecule has 3 rings (SSSR count). The van der Waals surface area contributed by atoms with Gasteiger partial charge in [0.05, 0.1) is 0 Å². The molecule has 1 unspecified atom stereocenters. The number of ketones is 1. The highest BCUT2D eigenvalue weighted by atomic mass is 19.1. The molecule has 0 bridgehead atoms. The first-order valence-electron chi connectivity index (χ1n) is 7.79. The van der Waals surface area contributed by atoms with Crippen LogP contribution in [0.15, 0.2) is 36.9 Å². The lowest BCUT2D eigenvalue weighted by molar-refractivity contribution is 0.0542. The lowest BCUT2D eigenvalue weighted by Crippen LogP contribution is -2.18. The summed E-state index contributed by atoms with van der Waals surface area (Å²) in [5.74, 6) is -0.833. The largest absolute Gasteiger partial charge is 0.457 e. The summed E-state index contributed by atoms with van der Waals surface area (Å²) < 4.78 is 18.1. The molecule has 1 aromatic carbocycles. The van der Waals surface area contributed by atoms with E-state index in [0.29, 0.717) is 29.7 Å². The normalized spacial score (nSPS) is 16.6. The summed E-state index contributed by atoms with van der Waals surface area (Å²) in [6.07, 6.45) is 2.44. The molecule has 0 saturated heterocycles. The fraction of sp³-hybridized carbons (Fsp3) is 0.263. The van der Waals surface area contributed by atoms with E-state index in [9.17, 15) is 14.0 Å². The van der Waals surface area contributed by atoms with E-state index in [2.05, 4.69) is 11.6 Å². The summed E-state index contributed by atoms with van der Waals surface area (Å²) in [5, 5.41) is 0. The van der Waals surface area contributed by atoms with Crippen LogP contribution < -0.4 is 0 Å². The Kier molecular flexibility index (Phi) is 4.34. The first-order valence-corrected chi connectivity index (χ1v) is 7.79. The number of carbonyl (C=O) groups is 2. The Bertz CT molecular complexity index is 805. The van der Waals surface area contributed by atoms with Crippen molar-refractivity contribution in [3.05, 3.63) is 70.8 Å². The van der Waals surface area contributed by atoms with Gasteiger partial charge in [0.25, 0.3) is 0 Å². The van der Waals surface area contributed by atoms with E-state index in [1.54, 1.807) is 19.1 Å². The lowest BCUT2D eigenvalue weighted by atomic mass is 9.81. The van der Waals surface area contributed by atoms with Gasteiger partial charge < -0.3 is 9.72 Å². The molecule has 0 saturated carbocycles. The molecule has 2 aromatic rings. The Morgan fingerprint density at radius 2 is 2.08 bits per heavy atom. The number of Topliss-reactive ketones (excluding diaryl/α,β-unsaturated/α-hetero) is 1. The maximum absolute atomic E-state index is 13.1. The molecule has 1 N–H and O–H groups in total. The summed E-state index contributed by atoms with van der Waals surface area (Å²) >= 11 is 0. The number of carbonyl (C=O) groups excluding carboxylic acids is 2. The van der Waals surface area contributed by atoms with Crippen molar-refractivity contribution in [2.24, 2.45) is 0 Å². The van der Waals surface area contributed by atoms with E-state index >= 15 is 0 Å². The van der Waals surface area contributed by atoms with E-state index in [4.69, 9.17) is 4.74 Å². The van der Waals surface area contributed by atoms with E-state index in [-0.39, 0.29) is 24.1 Å². The fourth-order valence-corrected chi connectivity index (χ4v) is 3.21. The summed E-state index contributed by atoms with van der Waals surface area (Å²) in [6, 6.07) is 6.20. The molecule has 24 heavy (non-hydrogen) atoms. The average Bonchev–Trinajstić information content (AvgIpc) is 2.90. The lowest BCUT2D eigenvalue weighted by Gasteiger charge is -2.22. The molecule has 1 aliphatic carbocycles. The van der Waals surface area contributed by atoms with Crippen molar-refractivity contribution in [1.29, 1.82) is 0 Å². The maximum Gasteiger partial charge on any atom is 0.355 e. The number of fused-ring (bicyclic) bond motifs is 1. The highest BCUT2D eigenvalue weighted by Gasteiger charge is 2.32.